The van der Waals surface area contributed by atoms with Crippen LogP contribution < -0.4 is 10.6 Å². The van der Waals surface area contributed by atoms with Crippen molar-refractivity contribution in [1.82, 2.24) is 0 Å². The van der Waals surface area contributed by atoms with Gasteiger partial charge in [-0.3, -0.25) is 14.4 Å². The van der Waals surface area contributed by atoms with Crippen LogP contribution in [0.25, 0.3) is 0 Å². The minimum absolute atomic E-state index is 0.101. The summed E-state index contributed by atoms with van der Waals surface area (Å²) in [6.07, 6.45) is 0.414. The SMILES string of the molecule is CCc1ccc(NC(=O)COC(=O)CCC(=O)Nc2ccc(C(=O)OC(C)C)cc2)cc1. The fourth-order valence-corrected chi connectivity index (χ4v) is 2.65. The normalized spacial score (nSPS) is 10.4. The molecule has 0 bridgehead atoms. The van der Waals surface area contributed by atoms with Crippen LogP contribution in [0.1, 0.15) is 49.5 Å². The van der Waals surface area contributed by atoms with Gasteiger partial charge in [-0.05, 0) is 62.2 Å². The Morgan fingerprint density at radius 1 is 0.812 bits per heavy atom. The number of carbonyl (C=O) groups is 4. The lowest BCUT2D eigenvalue weighted by molar-refractivity contribution is -0.147. The number of amides is 2. The molecule has 0 radical (unpaired) electrons. The first-order chi connectivity index (χ1) is 15.3. The molecule has 0 atom stereocenters. The van der Waals surface area contributed by atoms with Crippen molar-refractivity contribution >= 4 is 35.1 Å². The summed E-state index contributed by atoms with van der Waals surface area (Å²) in [7, 11) is 0. The molecular weight excluding hydrogens is 412 g/mol. The Labute approximate surface area is 187 Å². The molecule has 0 aliphatic heterocycles. The molecule has 0 spiro atoms. The van der Waals surface area contributed by atoms with Crippen LogP contribution in [0.5, 0.6) is 0 Å². The summed E-state index contributed by atoms with van der Waals surface area (Å²) in [4.78, 5) is 47.5. The first kappa shape index (κ1) is 24.6. The maximum Gasteiger partial charge on any atom is 0.338 e. The standard InChI is InChI=1S/C24H28N2O6/c1-4-17-5-9-19(10-6-17)26-22(28)15-31-23(29)14-13-21(27)25-20-11-7-18(8-12-20)24(30)32-16(2)3/h5-12,16H,4,13-15H2,1-3H3,(H,25,27)(H,26,28). The number of nitrogens with one attached hydrogen (secondary N) is 2. The molecule has 0 heterocycles. The largest absolute Gasteiger partial charge is 0.459 e. The second-order valence-electron chi connectivity index (χ2n) is 7.34. The average Bonchev–Trinajstić information content (AvgIpc) is 2.77. The van der Waals surface area contributed by atoms with Crippen molar-refractivity contribution in [3.05, 3.63) is 59.7 Å². The molecule has 2 amide bonds. The van der Waals surface area contributed by atoms with E-state index in [0.29, 0.717) is 16.9 Å². The fourth-order valence-electron chi connectivity index (χ4n) is 2.65. The fraction of sp³-hybridized carbons (Fsp3) is 0.333. The number of carbonyl (C=O) groups excluding carboxylic acids is 4. The summed E-state index contributed by atoms with van der Waals surface area (Å²) in [6.45, 7) is 5.13. The number of rotatable bonds is 10. The molecule has 8 nitrogen and oxygen atoms in total. The van der Waals surface area contributed by atoms with Gasteiger partial charge in [-0.1, -0.05) is 19.1 Å². The number of anilines is 2. The number of hydrogen-bond donors (Lipinski definition) is 2. The molecule has 2 aromatic rings. The van der Waals surface area contributed by atoms with Crippen molar-refractivity contribution in [2.24, 2.45) is 0 Å². The van der Waals surface area contributed by atoms with Crippen LogP contribution >= 0.6 is 0 Å². The van der Waals surface area contributed by atoms with Gasteiger partial charge in [0.2, 0.25) is 5.91 Å². The number of hydrogen-bond acceptors (Lipinski definition) is 6. The van der Waals surface area contributed by atoms with E-state index in [1.165, 1.54) is 0 Å². The first-order valence-electron chi connectivity index (χ1n) is 10.4. The minimum Gasteiger partial charge on any atom is -0.459 e. The van der Waals surface area contributed by atoms with E-state index in [0.717, 1.165) is 12.0 Å². The van der Waals surface area contributed by atoms with Crippen molar-refractivity contribution in [3.63, 3.8) is 0 Å². The summed E-state index contributed by atoms with van der Waals surface area (Å²) < 4.78 is 10.0. The third-order valence-electron chi connectivity index (χ3n) is 4.31. The van der Waals surface area contributed by atoms with Gasteiger partial charge in [0.25, 0.3) is 5.91 Å². The predicted molar refractivity (Wildman–Crippen MR) is 120 cm³/mol. The number of esters is 2. The van der Waals surface area contributed by atoms with Crippen molar-refractivity contribution in [1.29, 1.82) is 0 Å². The molecule has 32 heavy (non-hydrogen) atoms. The molecule has 0 saturated carbocycles. The van der Waals surface area contributed by atoms with Gasteiger partial charge in [0.15, 0.2) is 6.61 Å². The lowest BCUT2D eigenvalue weighted by Gasteiger charge is -2.09. The molecule has 0 aliphatic carbocycles. The monoisotopic (exact) mass is 440 g/mol. The smallest absolute Gasteiger partial charge is 0.338 e. The number of ether oxygens (including phenoxy) is 2. The zero-order valence-corrected chi connectivity index (χ0v) is 18.5. The molecule has 2 aromatic carbocycles. The molecule has 0 unspecified atom stereocenters. The van der Waals surface area contributed by atoms with Gasteiger partial charge in [-0.2, -0.15) is 0 Å². The van der Waals surface area contributed by atoms with Crippen molar-refractivity contribution < 1.29 is 28.7 Å². The quantitative estimate of drug-likeness (QED) is 0.545. The minimum atomic E-state index is -0.650. The summed E-state index contributed by atoms with van der Waals surface area (Å²) in [6, 6.07) is 13.6. The van der Waals surface area contributed by atoms with Crippen LogP contribution in [-0.2, 0) is 30.3 Å². The van der Waals surface area contributed by atoms with Crippen LogP contribution in [0, 0.1) is 0 Å². The van der Waals surface area contributed by atoms with Gasteiger partial charge in [0.1, 0.15) is 0 Å². The third kappa shape index (κ3) is 8.59. The lowest BCUT2D eigenvalue weighted by Crippen LogP contribution is -2.21. The van der Waals surface area contributed by atoms with Gasteiger partial charge >= 0.3 is 11.9 Å². The maximum atomic E-state index is 12.0. The van der Waals surface area contributed by atoms with E-state index in [1.807, 2.05) is 19.1 Å². The first-order valence-corrected chi connectivity index (χ1v) is 10.4. The topological polar surface area (TPSA) is 111 Å². The van der Waals surface area contributed by atoms with Gasteiger partial charge in [-0.25, -0.2) is 4.79 Å². The Kier molecular flexibility index (Phi) is 9.41. The molecule has 8 heteroatoms. The van der Waals surface area contributed by atoms with Crippen LogP contribution in [-0.4, -0.2) is 36.5 Å². The lowest BCUT2D eigenvalue weighted by atomic mass is 10.1. The van der Waals surface area contributed by atoms with E-state index >= 15 is 0 Å². The highest BCUT2D eigenvalue weighted by Gasteiger charge is 2.12. The van der Waals surface area contributed by atoms with E-state index in [1.54, 1.807) is 50.2 Å². The molecule has 0 fully saturated rings. The van der Waals surface area contributed by atoms with E-state index < -0.39 is 24.5 Å². The van der Waals surface area contributed by atoms with Crippen LogP contribution in [0.4, 0.5) is 11.4 Å². The van der Waals surface area contributed by atoms with Gasteiger partial charge in [0, 0.05) is 17.8 Å². The van der Waals surface area contributed by atoms with E-state index in [9.17, 15) is 19.2 Å². The van der Waals surface area contributed by atoms with Crippen molar-refractivity contribution in [3.8, 4) is 0 Å². The summed E-state index contributed by atoms with van der Waals surface area (Å²) in [5.41, 5.74) is 2.63. The Morgan fingerprint density at radius 3 is 1.94 bits per heavy atom. The Bertz CT molecular complexity index is 936. The maximum absolute atomic E-state index is 12.0. The molecule has 0 saturated heterocycles. The summed E-state index contributed by atoms with van der Waals surface area (Å²) in [5, 5.41) is 5.27. The van der Waals surface area contributed by atoms with E-state index in [4.69, 9.17) is 9.47 Å². The zero-order chi connectivity index (χ0) is 23.5. The molecule has 2 N–H and O–H groups in total. The van der Waals surface area contributed by atoms with E-state index in [-0.39, 0.29) is 24.9 Å². The highest BCUT2D eigenvalue weighted by atomic mass is 16.5. The Morgan fingerprint density at radius 2 is 1.38 bits per heavy atom. The summed E-state index contributed by atoms with van der Waals surface area (Å²) in [5.74, 6) is -1.94. The van der Waals surface area contributed by atoms with Gasteiger partial charge in [0.05, 0.1) is 18.1 Å². The van der Waals surface area contributed by atoms with E-state index in [2.05, 4.69) is 10.6 Å². The highest BCUT2D eigenvalue weighted by molar-refractivity contribution is 5.95. The Hall–Kier alpha value is -3.68. The van der Waals surface area contributed by atoms with Crippen LogP contribution in [0.3, 0.4) is 0 Å². The molecular formula is C24H28N2O6. The molecule has 170 valence electrons. The van der Waals surface area contributed by atoms with Crippen LogP contribution in [0.15, 0.2) is 48.5 Å². The Balaban J connectivity index is 1.69. The average molecular weight is 440 g/mol. The van der Waals surface area contributed by atoms with Gasteiger partial charge in [-0.15, -0.1) is 0 Å². The molecule has 2 rings (SSSR count). The predicted octanol–water partition coefficient (Wildman–Crippen LogP) is 3.71. The number of benzene rings is 2. The van der Waals surface area contributed by atoms with Crippen molar-refractivity contribution in [2.45, 2.75) is 46.1 Å². The second kappa shape index (κ2) is 12.2. The number of aryl methyl sites for hydroxylation is 1. The summed E-state index contributed by atoms with van der Waals surface area (Å²) >= 11 is 0. The molecule has 0 aromatic heterocycles. The van der Waals surface area contributed by atoms with Gasteiger partial charge < -0.3 is 20.1 Å². The van der Waals surface area contributed by atoms with Crippen molar-refractivity contribution in [2.75, 3.05) is 17.2 Å². The third-order valence-corrected chi connectivity index (χ3v) is 4.31. The zero-order valence-electron chi connectivity index (χ0n) is 18.5. The molecule has 0 aliphatic rings. The second-order valence-corrected chi connectivity index (χ2v) is 7.34. The van der Waals surface area contributed by atoms with Crippen LogP contribution in [0.2, 0.25) is 0 Å². The highest BCUT2D eigenvalue weighted by Crippen LogP contribution is 2.12.